The summed E-state index contributed by atoms with van der Waals surface area (Å²) in [5.41, 5.74) is 0.312. The highest BCUT2D eigenvalue weighted by atomic mass is 32.2. The lowest BCUT2D eigenvalue weighted by Gasteiger charge is -2.27. The molecule has 0 atom stereocenters. The highest BCUT2D eigenvalue weighted by Gasteiger charge is 2.23. The van der Waals surface area contributed by atoms with Crippen LogP contribution in [-0.4, -0.2) is 59.7 Å². The first-order chi connectivity index (χ1) is 9.99. The maximum atomic E-state index is 12.4. The fourth-order valence-electron chi connectivity index (χ4n) is 2.08. The first kappa shape index (κ1) is 15.7. The van der Waals surface area contributed by atoms with Gasteiger partial charge < -0.3 is 14.4 Å². The van der Waals surface area contributed by atoms with Gasteiger partial charge in [-0.25, -0.2) is 13.1 Å². The Balaban J connectivity index is 2.37. The first-order valence-electron chi connectivity index (χ1n) is 6.48. The lowest BCUT2D eigenvalue weighted by Crippen LogP contribution is -2.40. The SMILES string of the molecule is CNS(=O)(=O)c1cc(C(=O)N2CCOCC2)ccc1OC. The number of rotatable bonds is 4. The predicted molar refractivity (Wildman–Crippen MR) is 76.0 cm³/mol. The quantitative estimate of drug-likeness (QED) is 0.850. The average molecular weight is 314 g/mol. The molecule has 21 heavy (non-hydrogen) atoms. The maximum Gasteiger partial charge on any atom is 0.254 e. The van der Waals surface area contributed by atoms with E-state index in [1.165, 1.54) is 26.3 Å². The Morgan fingerprint density at radius 1 is 1.33 bits per heavy atom. The van der Waals surface area contributed by atoms with Crippen LogP contribution in [0.2, 0.25) is 0 Å². The molecule has 0 unspecified atom stereocenters. The Kier molecular flexibility index (Phi) is 4.81. The Morgan fingerprint density at radius 3 is 2.57 bits per heavy atom. The summed E-state index contributed by atoms with van der Waals surface area (Å²) < 4.78 is 36.5. The molecule has 1 aromatic rings. The molecular weight excluding hydrogens is 296 g/mol. The van der Waals surface area contributed by atoms with Crippen LogP contribution < -0.4 is 9.46 Å². The molecule has 7 nitrogen and oxygen atoms in total. The monoisotopic (exact) mass is 314 g/mol. The lowest BCUT2D eigenvalue weighted by atomic mass is 10.2. The van der Waals surface area contributed by atoms with E-state index in [1.54, 1.807) is 11.0 Å². The third-order valence-corrected chi connectivity index (χ3v) is 4.70. The van der Waals surface area contributed by atoms with E-state index in [0.29, 0.717) is 31.9 Å². The van der Waals surface area contributed by atoms with Crippen molar-refractivity contribution in [2.24, 2.45) is 0 Å². The van der Waals surface area contributed by atoms with Crippen LogP contribution in [0.5, 0.6) is 5.75 Å². The van der Waals surface area contributed by atoms with Gasteiger partial charge in [0.2, 0.25) is 10.0 Å². The number of benzene rings is 1. The van der Waals surface area contributed by atoms with E-state index in [1.807, 2.05) is 0 Å². The molecule has 1 heterocycles. The minimum absolute atomic E-state index is 0.0494. The van der Waals surface area contributed by atoms with E-state index < -0.39 is 10.0 Å². The molecule has 0 aliphatic carbocycles. The van der Waals surface area contributed by atoms with Crippen molar-refractivity contribution in [1.82, 2.24) is 9.62 Å². The van der Waals surface area contributed by atoms with Crippen LogP contribution in [0.3, 0.4) is 0 Å². The number of hydrogen-bond acceptors (Lipinski definition) is 5. The van der Waals surface area contributed by atoms with Gasteiger partial charge in [0.15, 0.2) is 0 Å². The summed E-state index contributed by atoms with van der Waals surface area (Å²) in [7, 11) is -1.00. The number of amides is 1. The van der Waals surface area contributed by atoms with E-state index in [0.717, 1.165) is 0 Å². The lowest BCUT2D eigenvalue weighted by molar-refractivity contribution is 0.0302. The van der Waals surface area contributed by atoms with Crippen molar-refractivity contribution in [3.63, 3.8) is 0 Å². The highest BCUT2D eigenvalue weighted by molar-refractivity contribution is 7.89. The molecule has 1 amide bonds. The second-order valence-electron chi connectivity index (χ2n) is 4.48. The van der Waals surface area contributed by atoms with E-state index in [2.05, 4.69) is 4.72 Å². The molecular formula is C13H18N2O5S. The summed E-state index contributed by atoms with van der Waals surface area (Å²) in [5.74, 6) is -0.0172. The van der Waals surface area contributed by atoms with Crippen molar-refractivity contribution in [2.75, 3.05) is 40.5 Å². The van der Waals surface area contributed by atoms with Gasteiger partial charge in [-0.1, -0.05) is 0 Å². The van der Waals surface area contributed by atoms with Crippen LogP contribution in [0.1, 0.15) is 10.4 Å². The first-order valence-corrected chi connectivity index (χ1v) is 7.96. The molecule has 0 radical (unpaired) electrons. The van der Waals surface area contributed by atoms with Crippen LogP contribution in [0.15, 0.2) is 23.1 Å². The van der Waals surface area contributed by atoms with E-state index >= 15 is 0 Å². The van der Waals surface area contributed by atoms with E-state index in [4.69, 9.17) is 9.47 Å². The number of ether oxygens (including phenoxy) is 2. The molecule has 116 valence electrons. The Hall–Kier alpha value is -1.64. The molecule has 1 aliphatic heterocycles. The summed E-state index contributed by atoms with van der Waals surface area (Å²) in [4.78, 5) is 14.0. The summed E-state index contributed by atoms with van der Waals surface area (Å²) in [5, 5.41) is 0. The van der Waals surface area contributed by atoms with Gasteiger partial charge >= 0.3 is 0 Å². The number of morpholine rings is 1. The summed E-state index contributed by atoms with van der Waals surface area (Å²) >= 11 is 0. The zero-order valence-corrected chi connectivity index (χ0v) is 12.8. The van der Waals surface area contributed by atoms with Crippen molar-refractivity contribution in [2.45, 2.75) is 4.90 Å². The Bertz CT molecular complexity index is 623. The zero-order valence-electron chi connectivity index (χ0n) is 12.0. The number of sulfonamides is 1. The summed E-state index contributed by atoms with van der Waals surface area (Å²) in [6, 6.07) is 4.38. The third-order valence-electron chi connectivity index (χ3n) is 3.27. The van der Waals surface area contributed by atoms with Crippen molar-refractivity contribution >= 4 is 15.9 Å². The summed E-state index contributed by atoms with van der Waals surface area (Å²) in [6.45, 7) is 1.98. The van der Waals surface area contributed by atoms with E-state index in [9.17, 15) is 13.2 Å². The molecule has 2 rings (SSSR count). The molecule has 0 aromatic heterocycles. The molecule has 8 heteroatoms. The van der Waals surface area contributed by atoms with Gasteiger partial charge in [0.25, 0.3) is 5.91 Å². The van der Waals surface area contributed by atoms with Crippen molar-refractivity contribution in [1.29, 1.82) is 0 Å². The maximum absolute atomic E-state index is 12.4. The fraction of sp³-hybridized carbons (Fsp3) is 0.462. The highest BCUT2D eigenvalue weighted by Crippen LogP contribution is 2.25. The molecule has 1 N–H and O–H groups in total. The predicted octanol–water partition coefficient (Wildman–Crippen LogP) is 0.0757. The van der Waals surface area contributed by atoms with Gasteiger partial charge in [-0.3, -0.25) is 4.79 Å². The average Bonchev–Trinajstić information content (AvgIpc) is 2.54. The van der Waals surface area contributed by atoms with Crippen molar-refractivity contribution in [3.8, 4) is 5.75 Å². The molecule has 0 spiro atoms. The normalized spacial score (nSPS) is 15.8. The molecule has 0 bridgehead atoms. The summed E-state index contributed by atoms with van der Waals surface area (Å²) in [6.07, 6.45) is 0. The second kappa shape index (κ2) is 6.42. The van der Waals surface area contributed by atoms with Gasteiger partial charge in [0.05, 0.1) is 20.3 Å². The molecule has 1 saturated heterocycles. The number of hydrogen-bond donors (Lipinski definition) is 1. The van der Waals surface area contributed by atoms with Gasteiger partial charge in [-0.05, 0) is 25.2 Å². The van der Waals surface area contributed by atoms with Crippen LogP contribution in [0.25, 0.3) is 0 Å². The third kappa shape index (κ3) is 3.34. The number of carbonyl (C=O) groups excluding carboxylic acids is 1. The smallest absolute Gasteiger partial charge is 0.254 e. The van der Waals surface area contributed by atoms with Crippen molar-refractivity contribution in [3.05, 3.63) is 23.8 Å². The Morgan fingerprint density at radius 2 is 2.00 bits per heavy atom. The van der Waals surface area contributed by atoms with Crippen LogP contribution >= 0.6 is 0 Å². The molecule has 1 fully saturated rings. The molecule has 1 aromatic carbocycles. The number of methoxy groups -OCH3 is 1. The number of nitrogens with one attached hydrogen (secondary N) is 1. The minimum Gasteiger partial charge on any atom is -0.495 e. The van der Waals surface area contributed by atoms with Crippen LogP contribution in [-0.2, 0) is 14.8 Å². The topological polar surface area (TPSA) is 84.9 Å². The van der Waals surface area contributed by atoms with Gasteiger partial charge in [0, 0.05) is 18.7 Å². The van der Waals surface area contributed by atoms with E-state index in [-0.39, 0.29) is 16.6 Å². The standard InChI is InChI=1S/C13H18N2O5S/c1-14-21(17,18)12-9-10(3-4-11(12)19-2)13(16)15-5-7-20-8-6-15/h3-4,9,14H,5-8H2,1-2H3. The fourth-order valence-corrected chi connectivity index (χ4v) is 3.00. The van der Waals surface area contributed by atoms with Crippen LogP contribution in [0.4, 0.5) is 0 Å². The number of nitrogens with zero attached hydrogens (tertiary/aromatic N) is 1. The second-order valence-corrected chi connectivity index (χ2v) is 6.33. The zero-order chi connectivity index (χ0) is 15.5. The molecule has 1 aliphatic rings. The van der Waals surface area contributed by atoms with Gasteiger partial charge in [0.1, 0.15) is 10.6 Å². The van der Waals surface area contributed by atoms with Crippen LogP contribution in [0, 0.1) is 0 Å². The van der Waals surface area contributed by atoms with Gasteiger partial charge in [-0.15, -0.1) is 0 Å². The number of carbonyl (C=O) groups is 1. The largest absolute Gasteiger partial charge is 0.495 e. The minimum atomic E-state index is -3.70. The van der Waals surface area contributed by atoms with Crippen molar-refractivity contribution < 1.29 is 22.7 Å². The molecule has 0 saturated carbocycles. The Labute approximate surface area is 123 Å². The van der Waals surface area contributed by atoms with Gasteiger partial charge in [-0.2, -0.15) is 0 Å².